The first-order valence-corrected chi connectivity index (χ1v) is 11.1. The fourth-order valence-electron chi connectivity index (χ4n) is 4.04. The number of nitrogens with two attached hydrogens (primary N) is 1. The molecule has 166 valence electrons. The van der Waals surface area contributed by atoms with Crippen LogP contribution in [-0.4, -0.2) is 60.2 Å². The molecule has 0 unspecified atom stereocenters. The molecule has 2 aliphatic rings. The van der Waals surface area contributed by atoms with Crippen LogP contribution in [0.2, 0.25) is 5.15 Å². The smallest absolute Gasteiger partial charge is 0.225 e. The maximum Gasteiger partial charge on any atom is 0.225 e. The largest absolute Gasteiger partial charge is 0.396 e. The van der Waals surface area contributed by atoms with Crippen LogP contribution in [0.3, 0.4) is 0 Å². The second-order valence-electron chi connectivity index (χ2n) is 8.23. The monoisotopic (exact) mass is 444 g/mol. The molecule has 9 heteroatoms. The summed E-state index contributed by atoms with van der Waals surface area (Å²) in [6.07, 6.45) is 4.33. The summed E-state index contributed by atoms with van der Waals surface area (Å²) in [7, 11) is 1.61. The summed E-state index contributed by atoms with van der Waals surface area (Å²) < 4.78 is 5.05. The molecule has 0 radical (unpaired) electrons. The van der Waals surface area contributed by atoms with Crippen molar-refractivity contribution in [3.05, 3.63) is 35.2 Å². The topological polar surface area (TPSA) is 96.6 Å². The van der Waals surface area contributed by atoms with Crippen molar-refractivity contribution in [2.75, 3.05) is 49.3 Å². The van der Waals surface area contributed by atoms with E-state index in [1.165, 1.54) is 0 Å². The Labute approximate surface area is 187 Å². The van der Waals surface area contributed by atoms with Crippen LogP contribution in [-0.2, 0) is 9.53 Å². The number of hydrogen-bond acceptors (Lipinski definition) is 7. The number of amides is 1. The van der Waals surface area contributed by atoms with Crippen LogP contribution in [0.15, 0.2) is 24.4 Å². The lowest BCUT2D eigenvalue weighted by Gasteiger charge is -2.41. The number of piperazine rings is 1. The number of methoxy groups -OCH3 is 1. The molecule has 0 spiro atoms. The summed E-state index contributed by atoms with van der Waals surface area (Å²) in [6.45, 7) is 4.57. The second kappa shape index (κ2) is 9.28. The Hall–Kier alpha value is -2.58. The highest BCUT2D eigenvalue weighted by Crippen LogP contribution is 2.45. The first-order chi connectivity index (χ1) is 15.0. The van der Waals surface area contributed by atoms with Crippen molar-refractivity contribution in [1.82, 2.24) is 14.9 Å². The normalized spacial score (nSPS) is 18.9. The zero-order valence-corrected chi connectivity index (χ0v) is 18.7. The van der Waals surface area contributed by atoms with Gasteiger partial charge in [-0.25, -0.2) is 9.97 Å². The number of ether oxygens (including phenoxy) is 1. The van der Waals surface area contributed by atoms with E-state index < -0.39 is 0 Å². The molecule has 1 atom stereocenters. The molecule has 1 aliphatic carbocycles. The fourth-order valence-corrected chi connectivity index (χ4v) is 4.22. The van der Waals surface area contributed by atoms with Crippen molar-refractivity contribution in [2.45, 2.75) is 38.1 Å². The number of anilines is 4. The van der Waals surface area contributed by atoms with Crippen molar-refractivity contribution in [1.29, 1.82) is 0 Å². The van der Waals surface area contributed by atoms with Gasteiger partial charge in [-0.2, -0.15) is 0 Å². The SMILES string of the molecule is COCCC(=O)N1CCN(c2nc(C3CC3)c(Nc3ccnc(Cl)c3)cc2N)C[C@H]1C. The highest BCUT2D eigenvalue weighted by molar-refractivity contribution is 6.29. The third kappa shape index (κ3) is 5.02. The molecule has 2 aromatic rings. The van der Waals surface area contributed by atoms with Crippen molar-refractivity contribution >= 4 is 40.4 Å². The Balaban J connectivity index is 1.53. The number of nitrogens with zero attached hydrogens (tertiary/aromatic N) is 4. The van der Waals surface area contributed by atoms with Gasteiger partial charge in [0.05, 0.1) is 30.1 Å². The lowest BCUT2D eigenvalue weighted by Crippen LogP contribution is -2.54. The van der Waals surface area contributed by atoms with Gasteiger partial charge in [0.25, 0.3) is 0 Å². The van der Waals surface area contributed by atoms with Crippen LogP contribution in [0.4, 0.5) is 22.9 Å². The number of carbonyl (C=O) groups excluding carboxylic acids is 1. The molecular weight excluding hydrogens is 416 g/mol. The van der Waals surface area contributed by atoms with E-state index in [1.807, 2.05) is 17.0 Å². The number of hydrogen-bond donors (Lipinski definition) is 2. The van der Waals surface area contributed by atoms with Gasteiger partial charge < -0.3 is 25.6 Å². The second-order valence-corrected chi connectivity index (χ2v) is 8.61. The first kappa shape index (κ1) is 21.6. The number of carbonyl (C=O) groups is 1. The minimum absolute atomic E-state index is 0.0837. The summed E-state index contributed by atoms with van der Waals surface area (Å²) in [5, 5.41) is 3.84. The zero-order valence-electron chi connectivity index (χ0n) is 18.0. The van der Waals surface area contributed by atoms with Crippen LogP contribution >= 0.6 is 11.6 Å². The van der Waals surface area contributed by atoms with E-state index in [0.29, 0.717) is 49.4 Å². The minimum Gasteiger partial charge on any atom is -0.396 e. The number of rotatable bonds is 7. The zero-order chi connectivity index (χ0) is 22.0. The molecule has 3 N–H and O–H groups in total. The van der Waals surface area contributed by atoms with E-state index in [1.54, 1.807) is 19.4 Å². The quantitative estimate of drug-likeness (QED) is 0.631. The molecule has 31 heavy (non-hydrogen) atoms. The van der Waals surface area contributed by atoms with Crippen LogP contribution in [0.5, 0.6) is 0 Å². The summed E-state index contributed by atoms with van der Waals surface area (Å²) >= 11 is 6.03. The Morgan fingerprint density at radius 2 is 2.16 bits per heavy atom. The number of aromatic nitrogens is 2. The molecule has 3 heterocycles. The molecule has 1 amide bonds. The predicted molar refractivity (Wildman–Crippen MR) is 123 cm³/mol. The van der Waals surface area contributed by atoms with Gasteiger partial charge in [0, 0.05) is 50.6 Å². The first-order valence-electron chi connectivity index (χ1n) is 10.7. The van der Waals surface area contributed by atoms with Gasteiger partial charge in [0.1, 0.15) is 5.15 Å². The Morgan fingerprint density at radius 1 is 1.35 bits per heavy atom. The summed E-state index contributed by atoms with van der Waals surface area (Å²) in [5.74, 6) is 1.37. The molecular formula is C22H29ClN6O2. The van der Waals surface area contributed by atoms with Crippen LogP contribution in [0, 0.1) is 0 Å². The standard InChI is InChI=1S/C22H29ClN6O2/c1-14-13-28(8-9-29(14)20(30)6-10-31-2)22-17(24)12-18(21(27-22)15-3-4-15)26-16-5-7-25-19(23)11-16/h5,7,11-12,14-15H,3-4,6,8-10,13,24H2,1-2H3,(H,25,26)/t14-/m1/s1. The average Bonchev–Trinajstić information content (AvgIpc) is 3.57. The molecule has 8 nitrogen and oxygen atoms in total. The van der Waals surface area contributed by atoms with Gasteiger partial charge in [-0.15, -0.1) is 0 Å². The third-order valence-corrected chi connectivity index (χ3v) is 6.00. The summed E-state index contributed by atoms with van der Waals surface area (Å²) in [4.78, 5) is 25.6. The van der Waals surface area contributed by atoms with Crippen molar-refractivity contribution in [3.63, 3.8) is 0 Å². The van der Waals surface area contributed by atoms with Crippen molar-refractivity contribution < 1.29 is 9.53 Å². The predicted octanol–water partition coefficient (Wildman–Crippen LogP) is 3.41. The lowest BCUT2D eigenvalue weighted by atomic mass is 10.1. The molecule has 0 aromatic carbocycles. The van der Waals surface area contributed by atoms with Crippen LogP contribution < -0.4 is 16.0 Å². The summed E-state index contributed by atoms with van der Waals surface area (Å²) in [5.41, 5.74) is 9.87. The third-order valence-electron chi connectivity index (χ3n) is 5.80. The van der Waals surface area contributed by atoms with Gasteiger partial charge in [-0.3, -0.25) is 4.79 Å². The van der Waals surface area contributed by atoms with Crippen molar-refractivity contribution in [2.24, 2.45) is 0 Å². The van der Waals surface area contributed by atoms with Gasteiger partial charge in [-0.05, 0) is 38.0 Å². The molecule has 0 bridgehead atoms. The van der Waals surface area contributed by atoms with Gasteiger partial charge >= 0.3 is 0 Å². The van der Waals surface area contributed by atoms with E-state index in [9.17, 15) is 4.79 Å². The number of pyridine rings is 2. The highest BCUT2D eigenvalue weighted by Gasteiger charge is 2.32. The Kier molecular flexibility index (Phi) is 6.48. The molecule has 2 aromatic heterocycles. The van der Waals surface area contributed by atoms with E-state index >= 15 is 0 Å². The molecule has 2 fully saturated rings. The van der Waals surface area contributed by atoms with Gasteiger partial charge in [0.2, 0.25) is 5.91 Å². The highest BCUT2D eigenvalue weighted by atomic mass is 35.5. The Morgan fingerprint density at radius 3 is 2.84 bits per heavy atom. The van der Waals surface area contributed by atoms with Crippen LogP contribution in [0.1, 0.15) is 37.8 Å². The number of nitrogen functional groups attached to an aromatic ring is 1. The fraction of sp³-hybridized carbons (Fsp3) is 0.500. The molecule has 4 rings (SSSR count). The van der Waals surface area contributed by atoms with E-state index in [2.05, 4.69) is 22.1 Å². The molecule has 1 aliphatic heterocycles. The lowest BCUT2D eigenvalue weighted by molar-refractivity contribution is -0.134. The van der Waals surface area contributed by atoms with E-state index in [4.69, 9.17) is 27.1 Å². The molecule has 1 saturated carbocycles. The van der Waals surface area contributed by atoms with E-state index in [-0.39, 0.29) is 11.9 Å². The van der Waals surface area contributed by atoms with Crippen LogP contribution in [0.25, 0.3) is 0 Å². The maximum atomic E-state index is 12.4. The number of halogens is 1. The average molecular weight is 445 g/mol. The minimum atomic E-state index is 0.0837. The van der Waals surface area contributed by atoms with Crippen molar-refractivity contribution in [3.8, 4) is 0 Å². The van der Waals surface area contributed by atoms with E-state index in [0.717, 1.165) is 35.7 Å². The number of nitrogens with one attached hydrogen (secondary N) is 1. The summed E-state index contributed by atoms with van der Waals surface area (Å²) in [6, 6.07) is 5.70. The van der Waals surface area contributed by atoms with Gasteiger partial charge in [-0.1, -0.05) is 11.6 Å². The Bertz CT molecular complexity index is 952. The molecule has 1 saturated heterocycles. The van der Waals surface area contributed by atoms with Gasteiger partial charge in [0.15, 0.2) is 5.82 Å². The maximum absolute atomic E-state index is 12.4.